The molecule has 7 N–H and O–H groups in total. The minimum atomic E-state index is -5.29. The van der Waals surface area contributed by atoms with E-state index in [2.05, 4.69) is 23.8 Å². The summed E-state index contributed by atoms with van der Waals surface area (Å²) in [5.74, 6) is 0.0856. The van der Waals surface area contributed by atoms with Crippen molar-refractivity contribution in [2.24, 2.45) is 0 Å². The molecule has 15 nitrogen and oxygen atoms in total. The van der Waals surface area contributed by atoms with E-state index in [0.717, 1.165) is 6.33 Å². The van der Waals surface area contributed by atoms with Crippen molar-refractivity contribution in [1.82, 2.24) is 19.5 Å². The second-order valence-electron chi connectivity index (χ2n) is 5.47. The number of phosphoric acid groups is 2. The van der Waals surface area contributed by atoms with E-state index in [1.165, 1.54) is 10.9 Å². The molecule has 28 heavy (non-hydrogen) atoms. The monoisotopic (exact) mass is 467 g/mol. The summed E-state index contributed by atoms with van der Waals surface area (Å²) in [6.45, 7) is -0.813. The summed E-state index contributed by atoms with van der Waals surface area (Å²) < 4.78 is 36.8. The Morgan fingerprint density at radius 2 is 1.89 bits per heavy atom. The zero-order valence-corrected chi connectivity index (χ0v) is 19.1. The third-order valence-corrected chi connectivity index (χ3v) is 5.76. The maximum atomic E-state index is 11.5. The third-order valence-electron chi connectivity index (χ3n) is 3.61. The first-order valence-electron chi connectivity index (χ1n) is 7.17. The number of anilines is 1. The molecule has 2 aromatic rings. The summed E-state index contributed by atoms with van der Waals surface area (Å²) in [6.07, 6.45) is -3.20. The van der Waals surface area contributed by atoms with Crippen molar-refractivity contribution < 1.29 is 100 Å². The number of nitrogen functional groups attached to an aromatic ring is 1. The first kappa shape index (κ1) is 24.4. The first-order valence-corrected chi connectivity index (χ1v) is 10.2. The zero-order valence-electron chi connectivity index (χ0n) is 15.2. The number of aliphatic hydroxyl groups excluding tert-OH is 2. The van der Waals surface area contributed by atoms with E-state index in [-0.39, 0.29) is 69.8 Å². The molecule has 2 aromatic heterocycles. The van der Waals surface area contributed by atoms with Gasteiger partial charge < -0.3 is 36.8 Å². The number of imidazole rings is 1. The fraction of sp³-hybridized carbons (Fsp3) is 0.500. The van der Waals surface area contributed by atoms with Crippen molar-refractivity contribution in [3.63, 3.8) is 0 Å². The van der Waals surface area contributed by atoms with Gasteiger partial charge in [-0.3, -0.25) is 9.09 Å². The second kappa shape index (κ2) is 9.09. The van der Waals surface area contributed by atoms with Gasteiger partial charge in [0, 0.05) is 0 Å². The summed E-state index contributed by atoms with van der Waals surface area (Å²) in [6, 6.07) is 0. The number of rotatable bonds is 6. The van der Waals surface area contributed by atoms with Gasteiger partial charge >= 0.3 is 67.0 Å². The fourth-order valence-electron chi connectivity index (χ4n) is 2.48. The molecule has 152 valence electrons. The Morgan fingerprint density at radius 3 is 2.54 bits per heavy atom. The van der Waals surface area contributed by atoms with Crippen molar-refractivity contribution in [2.75, 3.05) is 12.3 Å². The summed E-state index contributed by atoms with van der Waals surface area (Å²) in [5, 5.41) is 20.3. The van der Waals surface area contributed by atoms with Crippen LogP contribution in [0.1, 0.15) is 7.65 Å². The van der Waals surface area contributed by atoms with Crippen LogP contribution in [0.25, 0.3) is 11.2 Å². The maximum absolute atomic E-state index is 11.5. The predicted octanol–water partition coefficient (Wildman–Crippen LogP) is -4.63. The molecule has 3 rings (SSSR count). The Hall–Kier alpha value is 0.126. The van der Waals surface area contributed by atoms with Crippen LogP contribution in [0, 0.1) is 0 Å². The van der Waals surface area contributed by atoms with E-state index in [1.54, 1.807) is 0 Å². The number of fused-ring (bicyclic) bond motifs is 1. The minimum Gasteiger partial charge on any atom is -1.00 e. The number of phosphoric ester groups is 1. The third kappa shape index (κ3) is 5.43. The Labute approximate surface area is 200 Å². The van der Waals surface area contributed by atoms with Gasteiger partial charge in [0.05, 0.1) is 12.9 Å². The average Bonchev–Trinajstić information content (AvgIpc) is 3.07. The van der Waals surface area contributed by atoms with Gasteiger partial charge in [0.25, 0.3) is 0 Å². The van der Waals surface area contributed by atoms with Crippen LogP contribution in [-0.4, -0.2) is 69.3 Å². The minimum absolute atomic E-state index is 0. The zero-order chi connectivity index (χ0) is 20.0. The van der Waals surface area contributed by atoms with Gasteiger partial charge in [-0.15, -0.1) is 0 Å². The molecule has 3 heterocycles. The molecule has 0 radical (unpaired) electrons. The number of ether oxygens (including phenoxy) is 1. The summed E-state index contributed by atoms with van der Waals surface area (Å²) >= 11 is 0. The summed E-state index contributed by atoms with van der Waals surface area (Å²) in [4.78, 5) is 38.1. The Balaban J connectivity index is 0.00000210. The molecule has 1 fully saturated rings. The molecule has 1 aliphatic rings. The number of nitrogens with two attached hydrogens (primary N) is 1. The van der Waals surface area contributed by atoms with Gasteiger partial charge in [-0.1, -0.05) is 0 Å². The molecule has 0 spiro atoms. The maximum Gasteiger partial charge on any atom is 1.00 e. The SMILES string of the molecule is Nc1ncnc2c1ncn2[C@@H]1O[C@H](COP(=O)(O)OP(=O)(O)O)C(O)C1O.[H-].[K+]. The quantitative estimate of drug-likeness (QED) is 0.173. The molecule has 5 atom stereocenters. The number of aromatic nitrogens is 4. The van der Waals surface area contributed by atoms with Crippen molar-refractivity contribution in [3.05, 3.63) is 12.7 Å². The van der Waals surface area contributed by atoms with Gasteiger partial charge in [0.15, 0.2) is 17.7 Å². The van der Waals surface area contributed by atoms with E-state index in [1.807, 2.05) is 0 Å². The number of nitrogens with zero attached hydrogens (tertiary/aromatic N) is 4. The molecule has 1 aliphatic heterocycles. The van der Waals surface area contributed by atoms with Gasteiger partial charge in [0.1, 0.15) is 30.2 Å². The van der Waals surface area contributed by atoms with Crippen LogP contribution >= 0.6 is 15.6 Å². The molecule has 0 amide bonds. The van der Waals surface area contributed by atoms with Gasteiger partial charge in [-0.2, -0.15) is 4.31 Å². The van der Waals surface area contributed by atoms with E-state index in [9.17, 15) is 24.2 Å². The molecule has 0 aliphatic carbocycles. The molecular weight excluding hydrogens is 451 g/mol. The van der Waals surface area contributed by atoms with Crippen molar-refractivity contribution >= 4 is 32.6 Å². The van der Waals surface area contributed by atoms with E-state index in [0.29, 0.717) is 0 Å². The molecule has 0 saturated carbocycles. The van der Waals surface area contributed by atoms with Gasteiger partial charge in [0.2, 0.25) is 0 Å². The van der Waals surface area contributed by atoms with Crippen LogP contribution < -0.4 is 57.1 Å². The molecule has 0 aromatic carbocycles. The molecular formula is C10H16KN5O10P2. The van der Waals surface area contributed by atoms with Crippen LogP contribution in [0.5, 0.6) is 0 Å². The Kier molecular flexibility index (Phi) is 7.92. The Morgan fingerprint density at radius 1 is 1.21 bits per heavy atom. The fourth-order valence-corrected chi connectivity index (χ4v) is 4.08. The number of hydrogen-bond donors (Lipinski definition) is 6. The smallest absolute Gasteiger partial charge is 1.00 e. The number of hydrogen-bond acceptors (Lipinski definition) is 11. The first-order chi connectivity index (χ1) is 12.5. The van der Waals surface area contributed by atoms with Crippen molar-refractivity contribution in [1.29, 1.82) is 0 Å². The van der Waals surface area contributed by atoms with E-state index in [4.69, 9.17) is 20.3 Å². The topological polar surface area (TPSA) is 233 Å². The number of aliphatic hydroxyl groups is 2. The van der Waals surface area contributed by atoms with Crippen LogP contribution in [0.2, 0.25) is 0 Å². The van der Waals surface area contributed by atoms with E-state index < -0.39 is 46.8 Å². The largest absolute Gasteiger partial charge is 1.00 e. The van der Waals surface area contributed by atoms with Crippen molar-refractivity contribution in [3.8, 4) is 0 Å². The standard InChI is InChI=1S/C10H15N5O10P2.K.H/c11-8-5-9(13-2-12-8)15(3-14-5)10-7(17)6(16)4(24-10)1-23-27(21,22)25-26(18,19)20;;/h2-4,6-7,10,16-17H,1H2,(H,21,22)(H2,11,12,13)(H2,18,19,20);;/q;+1;-1/t4-,6?,7?,10-;;/m1../s1. The molecule has 18 heteroatoms. The molecule has 3 unspecified atom stereocenters. The second-order valence-corrected chi connectivity index (χ2v) is 8.30. The van der Waals surface area contributed by atoms with Crippen LogP contribution in [0.4, 0.5) is 5.82 Å². The Bertz CT molecular complexity index is 945. The van der Waals surface area contributed by atoms with E-state index >= 15 is 0 Å². The van der Waals surface area contributed by atoms with Crippen LogP contribution in [0.15, 0.2) is 12.7 Å². The predicted molar refractivity (Wildman–Crippen MR) is 85.7 cm³/mol. The molecule has 0 bridgehead atoms. The van der Waals surface area contributed by atoms with Gasteiger partial charge in [-0.05, 0) is 0 Å². The summed E-state index contributed by atoms with van der Waals surface area (Å²) in [7, 11) is -10.4. The molecule has 1 saturated heterocycles. The normalized spacial score (nSPS) is 27.5. The average molecular weight is 467 g/mol. The van der Waals surface area contributed by atoms with Crippen molar-refractivity contribution in [2.45, 2.75) is 24.5 Å². The van der Waals surface area contributed by atoms with Crippen LogP contribution in [0.3, 0.4) is 0 Å². The van der Waals surface area contributed by atoms with Gasteiger partial charge in [-0.25, -0.2) is 24.1 Å². The van der Waals surface area contributed by atoms with Crippen LogP contribution in [-0.2, 0) is 22.7 Å². The summed E-state index contributed by atoms with van der Waals surface area (Å²) in [5.41, 5.74) is 6.11.